The Morgan fingerprint density at radius 1 is 1.18 bits per heavy atom. The lowest BCUT2D eigenvalue weighted by molar-refractivity contribution is -0.118. The molecule has 0 bridgehead atoms. The Morgan fingerprint density at radius 2 is 1.96 bits per heavy atom. The van der Waals surface area contributed by atoms with E-state index >= 15 is 0 Å². The van der Waals surface area contributed by atoms with Gasteiger partial charge in [-0.15, -0.1) is 11.3 Å². The van der Waals surface area contributed by atoms with E-state index < -0.39 is 0 Å². The largest absolute Gasteiger partial charge is 0.484 e. The van der Waals surface area contributed by atoms with Crippen LogP contribution >= 0.6 is 11.3 Å². The molecule has 2 heterocycles. The Bertz CT molecular complexity index is 944. The fraction of sp³-hybridized carbons (Fsp3) is 0.238. The minimum absolute atomic E-state index is 0.143. The van der Waals surface area contributed by atoms with E-state index in [2.05, 4.69) is 39.5 Å². The Balaban J connectivity index is 1.31. The molecule has 0 unspecified atom stereocenters. The summed E-state index contributed by atoms with van der Waals surface area (Å²) in [6.07, 6.45) is 0.876. The number of anilines is 1. The highest BCUT2D eigenvalue weighted by Gasteiger charge is 2.21. The van der Waals surface area contributed by atoms with Crippen LogP contribution in [0.1, 0.15) is 16.1 Å². The van der Waals surface area contributed by atoms with E-state index in [9.17, 15) is 9.18 Å². The van der Waals surface area contributed by atoms with E-state index in [1.54, 1.807) is 0 Å². The number of carbonyl (C=O) groups is 1. The minimum Gasteiger partial charge on any atom is -0.484 e. The van der Waals surface area contributed by atoms with Crippen molar-refractivity contribution >= 4 is 22.4 Å². The molecule has 1 amide bonds. The molecular formula is C21H20FN3O2S. The Kier molecular flexibility index (Phi) is 5.64. The summed E-state index contributed by atoms with van der Waals surface area (Å²) in [5.41, 5.74) is 2.35. The standard InChI is InChI=1S/C21H20FN3O2S/c22-16-6-8-17(9-7-16)27-14-20(26)24-21-23-18-10-11-25(13-19(18)28-21)12-15-4-2-1-3-5-15/h1-9H,10-14H2,(H,23,24,26). The first kappa shape index (κ1) is 18.6. The van der Waals surface area contributed by atoms with Crippen molar-refractivity contribution in [2.24, 2.45) is 0 Å². The molecule has 5 nitrogen and oxygen atoms in total. The van der Waals surface area contributed by atoms with Crippen LogP contribution in [0.2, 0.25) is 0 Å². The van der Waals surface area contributed by atoms with Crippen LogP contribution in [0.4, 0.5) is 9.52 Å². The molecule has 1 aromatic heterocycles. The zero-order chi connectivity index (χ0) is 19.3. The number of ether oxygens (including phenoxy) is 1. The van der Waals surface area contributed by atoms with Crippen molar-refractivity contribution in [3.63, 3.8) is 0 Å². The van der Waals surface area contributed by atoms with Crippen molar-refractivity contribution in [2.75, 3.05) is 18.5 Å². The predicted octanol–water partition coefficient (Wildman–Crippen LogP) is 3.86. The summed E-state index contributed by atoms with van der Waals surface area (Å²) in [6, 6.07) is 16.0. The summed E-state index contributed by atoms with van der Waals surface area (Å²) < 4.78 is 18.3. The van der Waals surface area contributed by atoms with Crippen LogP contribution < -0.4 is 10.1 Å². The number of nitrogens with one attached hydrogen (secondary N) is 1. The molecule has 144 valence electrons. The molecule has 0 fully saturated rings. The third-order valence-electron chi connectivity index (χ3n) is 4.49. The number of fused-ring (bicyclic) bond motifs is 1. The van der Waals surface area contributed by atoms with Gasteiger partial charge in [-0.3, -0.25) is 15.0 Å². The van der Waals surface area contributed by atoms with Gasteiger partial charge in [0.15, 0.2) is 11.7 Å². The maximum Gasteiger partial charge on any atom is 0.264 e. The molecule has 0 atom stereocenters. The fourth-order valence-corrected chi connectivity index (χ4v) is 4.18. The summed E-state index contributed by atoms with van der Waals surface area (Å²) in [5, 5.41) is 3.39. The molecule has 1 aliphatic heterocycles. The highest BCUT2D eigenvalue weighted by molar-refractivity contribution is 7.15. The summed E-state index contributed by atoms with van der Waals surface area (Å²) in [5.74, 6) is -0.172. The van der Waals surface area contributed by atoms with Gasteiger partial charge in [0.05, 0.1) is 5.69 Å². The molecule has 0 spiro atoms. The topological polar surface area (TPSA) is 54.5 Å². The van der Waals surface area contributed by atoms with Crippen molar-refractivity contribution in [3.05, 3.63) is 76.5 Å². The van der Waals surface area contributed by atoms with Crippen molar-refractivity contribution in [1.29, 1.82) is 0 Å². The smallest absolute Gasteiger partial charge is 0.264 e. The van der Waals surface area contributed by atoms with Gasteiger partial charge in [-0.2, -0.15) is 0 Å². The van der Waals surface area contributed by atoms with Crippen molar-refractivity contribution in [2.45, 2.75) is 19.5 Å². The van der Waals surface area contributed by atoms with Crippen LogP contribution in [0.15, 0.2) is 54.6 Å². The van der Waals surface area contributed by atoms with Gasteiger partial charge in [0.2, 0.25) is 0 Å². The minimum atomic E-state index is -0.341. The normalized spacial score (nSPS) is 13.8. The van der Waals surface area contributed by atoms with Gasteiger partial charge in [0, 0.05) is 30.9 Å². The van der Waals surface area contributed by atoms with Crippen molar-refractivity contribution in [1.82, 2.24) is 9.88 Å². The van der Waals surface area contributed by atoms with E-state index in [1.807, 2.05) is 6.07 Å². The second kappa shape index (κ2) is 8.50. The summed E-state index contributed by atoms with van der Waals surface area (Å²) in [7, 11) is 0. The highest BCUT2D eigenvalue weighted by atomic mass is 32.1. The third kappa shape index (κ3) is 4.74. The first-order chi connectivity index (χ1) is 13.7. The quantitative estimate of drug-likeness (QED) is 0.686. The first-order valence-corrected chi connectivity index (χ1v) is 9.90. The molecule has 3 aromatic rings. The molecule has 0 radical (unpaired) electrons. The summed E-state index contributed by atoms with van der Waals surface area (Å²) >= 11 is 1.51. The first-order valence-electron chi connectivity index (χ1n) is 9.09. The van der Waals surface area contributed by atoms with Crippen LogP contribution in [0, 0.1) is 5.82 Å². The van der Waals surface area contributed by atoms with Crippen LogP contribution in [0.25, 0.3) is 0 Å². The van der Waals surface area contributed by atoms with Gasteiger partial charge < -0.3 is 4.74 Å². The number of carbonyl (C=O) groups excluding carboxylic acids is 1. The molecule has 0 aliphatic carbocycles. The average molecular weight is 397 g/mol. The molecule has 28 heavy (non-hydrogen) atoms. The molecular weight excluding hydrogens is 377 g/mol. The second-order valence-corrected chi connectivity index (χ2v) is 7.71. The number of halogens is 1. The Hall–Kier alpha value is -2.77. The van der Waals surface area contributed by atoms with Gasteiger partial charge >= 0.3 is 0 Å². The second-order valence-electron chi connectivity index (χ2n) is 6.63. The van der Waals surface area contributed by atoms with Crippen LogP contribution in [-0.2, 0) is 24.3 Å². The highest BCUT2D eigenvalue weighted by Crippen LogP contribution is 2.29. The number of benzene rings is 2. The number of nitrogens with zero attached hydrogens (tertiary/aromatic N) is 2. The Labute approximate surface area is 166 Å². The van der Waals surface area contributed by atoms with E-state index in [1.165, 1.54) is 46.0 Å². The molecule has 0 saturated heterocycles. The van der Waals surface area contributed by atoms with Gasteiger partial charge in [0.1, 0.15) is 11.6 Å². The van der Waals surface area contributed by atoms with Gasteiger partial charge in [-0.25, -0.2) is 9.37 Å². The van der Waals surface area contributed by atoms with Crippen LogP contribution in [0.3, 0.4) is 0 Å². The number of thiazole rings is 1. The van der Waals surface area contributed by atoms with Gasteiger partial charge in [-0.05, 0) is 29.8 Å². The lowest BCUT2D eigenvalue weighted by Gasteiger charge is -2.25. The van der Waals surface area contributed by atoms with Crippen LogP contribution in [-0.4, -0.2) is 28.9 Å². The van der Waals surface area contributed by atoms with Crippen LogP contribution in [0.5, 0.6) is 5.75 Å². The van der Waals surface area contributed by atoms with Gasteiger partial charge in [0.25, 0.3) is 5.91 Å². The fourth-order valence-electron chi connectivity index (χ4n) is 3.11. The number of amides is 1. The molecule has 2 aromatic carbocycles. The zero-order valence-corrected chi connectivity index (χ0v) is 16.0. The maximum atomic E-state index is 12.9. The third-order valence-corrected chi connectivity index (χ3v) is 5.49. The van der Waals surface area contributed by atoms with E-state index in [0.29, 0.717) is 10.9 Å². The number of hydrogen-bond acceptors (Lipinski definition) is 5. The zero-order valence-electron chi connectivity index (χ0n) is 15.2. The van der Waals surface area contributed by atoms with E-state index in [4.69, 9.17) is 4.74 Å². The molecule has 0 saturated carbocycles. The number of rotatable bonds is 6. The molecule has 4 rings (SSSR count). The molecule has 1 N–H and O–H groups in total. The molecule has 7 heteroatoms. The van der Waals surface area contributed by atoms with Crippen molar-refractivity contribution < 1.29 is 13.9 Å². The maximum absolute atomic E-state index is 12.9. The lowest BCUT2D eigenvalue weighted by Crippen LogP contribution is -2.29. The lowest BCUT2D eigenvalue weighted by atomic mass is 10.1. The van der Waals surface area contributed by atoms with Crippen molar-refractivity contribution in [3.8, 4) is 5.75 Å². The monoisotopic (exact) mass is 397 g/mol. The summed E-state index contributed by atoms with van der Waals surface area (Å²) in [4.78, 5) is 20.3. The molecule has 1 aliphatic rings. The van der Waals surface area contributed by atoms with E-state index in [0.717, 1.165) is 31.7 Å². The average Bonchev–Trinajstić information content (AvgIpc) is 3.10. The Morgan fingerprint density at radius 3 is 2.75 bits per heavy atom. The summed E-state index contributed by atoms with van der Waals surface area (Å²) in [6.45, 7) is 2.55. The van der Waals surface area contributed by atoms with Gasteiger partial charge in [-0.1, -0.05) is 30.3 Å². The predicted molar refractivity (Wildman–Crippen MR) is 107 cm³/mol. The SMILES string of the molecule is O=C(COc1ccc(F)cc1)Nc1nc2c(s1)CN(Cc1ccccc1)CC2. The number of aromatic nitrogens is 1. The number of hydrogen-bond donors (Lipinski definition) is 1. The van der Waals surface area contributed by atoms with E-state index in [-0.39, 0.29) is 18.3 Å².